The highest BCUT2D eigenvalue weighted by Crippen LogP contribution is 2.64. The molecular weight excluding hydrogens is 616 g/mol. The van der Waals surface area contributed by atoms with E-state index in [4.69, 9.17) is 0 Å². The van der Waals surface area contributed by atoms with Crippen molar-refractivity contribution in [2.45, 2.75) is 60.6 Å². The summed E-state index contributed by atoms with van der Waals surface area (Å²) in [5, 5.41) is 0. The molecule has 0 aromatic heterocycles. The van der Waals surface area contributed by atoms with Crippen LogP contribution in [0.15, 0.2) is 0 Å². The van der Waals surface area contributed by atoms with Gasteiger partial charge in [-0.25, -0.2) is 13.5 Å². The largest absolute Gasteiger partial charge is 0.432 e. The molecule has 0 amide bonds. The van der Waals surface area contributed by atoms with Gasteiger partial charge in [0.15, 0.2) is 0 Å². The average molecular weight is 618 g/mol. The molecule has 0 aromatic rings. The molecule has 0 heterocycles. The van der Waals surface area contributed by atoms with Crippen LogP contribution < -0.4 is 0 Å². The lowest BCUT2D eigenvalue weighted by molar-refractivity contribution is -0.520. The summed E-state index contributed by atoms with van der Waals surface area (Å²) >= 11 is 0. The van der Waals surface area contributed by atoms with Crippen LogP contribution in [0.3, 0.4) is 0 Å². The van der Waals surface area contributed by atoms with Crippen LogP contribution in [0.25, 0.3) is 0 Å². The Morgan fingerprint density at radius 1 is 0.297 bits per heavy atom. The number of hydrogen-bond donors (Lipinski definition) is 0. The van der Waals surface area contributed by atoms with Crippen LogP contribution in [-0.2, 0) is 4.74 Å². The third-order valence-electron chi connectivity index (χ3n) is 4.03. The van der Waals surface area contributed by atoms with Gasteiger partial charge in [0.2, 0.25) is 11.8 Å². The highest BCUT2D eigenvalue weighted by Gasteiger charge is 2.91. The lowest BCUT2D eigenvalue weighted by Crippen LogP contribution is -2.73. The minimum Gasteiger partial charge on any atom is -0.249 e. The number of hydrogen-bond acceptors (Lipinski definition) is 1. The average Bonchev–Trinajstić information content (AvgIpc) is 2.44. The molecule has 0 radical (unpaired) electrons. The highest BCUT2D eigenvalue weighted by molar-refractivity contribution is 5.10. The van der Waals surface area contributed by atoms with Crippen molar-refractivity contribution < 1.29 is 110 Å². The van der Waals surface area contributed by atoms with Crippen LogP contribution in [0.1, 0.15) is 0 Å². The molecule has 0 saturated carbocycles. The molecule has 2 unspecified atom stereocenters. The van der Waals surface area contributed by atoms with Crippen LogP contribution in [0.5, 0.6) is 0 Å². The fourth-order valence-electron chi connectivity index (χ4n) is 2.58. The summed E-state index contributed by atoms with van der Waals surface area (Å²) < 4.78 is 309. The van der Waals surface area contributed by atoms with Gasteiger partial charge in [0.25, 0.3) is 0 Å². The molecule has 1 nitrogen and oxygen atoms in total. The fraction of sp³-hybridized carbons (Fsp3) is 1.00. The number of rotatable bonds is 6. The van der Waals surface area contributed by atoms with Crippen molar-refractivity contribution >= 4 is 0 Å². The SMILES string of the molecule is FC(F)(F)C(C(F)(F)F)C(F)(C(F)(F)F)C(F)(F)OC(F)(F)C(F)(C(C(F)(F)F)C(F)(F)F)C(F)(F)F. The molecule has 25 heteroatoms. The van der Waals surface area contributed by atoms with E-state index in [2.05, 4.69) is 0 Å². The Bertz CT molecular complexity index is 693. The Kier molecular flexibility index (Phi) is 8.50. The first-order chi connectivity index (χ1) is 15.4. The van der Waals surface area contributed by atoms with Gasteiger partial charge in [-0.05, 0) is 0 Å². The summed E-state index contributed by atoms with van der Waals surface area (Å²) in [6.45, 7) is 0. The Balaban J connectivity index is 7.55. The molecule has 0 aliphatic heterocycles. The van der Waals surface area contributed by atoms with E-state index in [1.54, 1.807) is 0 Å². The van der Waals surface area contributed by atoms with Gasteiger partial charge in [-0.1, -0.05) is 0 Å². The molecule has 2 atom stereocenters. The highest BCUT2D eigenvalue weighted by atomic mass is 19.4. The van der Waals surface area contributed by atoms with E-state index >= 15 is 0 Å². The Hall–Kier alpha value is -1.72. The summed E-state index contributed by atoms with van der Waals surface area (Å²) in [6, 6.07) is 0. The summed E-state index contributed by atoms with van der Waals surface area (Å²) in [7, 11) is 0. The van der Waals surface area contributed by atoms with Crippen LogP contribution in [0.2, 0.25) is 0 Å². The Morgan fingerprint density at radius 3 is 0.568 bits per heavy atom. The number of ether oxygens (including phenoxy) is 1. The lowest BCUT2D eigenvalue weighted by atomic mass is 9.84. The second-order valence-electron chi connectivity index (χ2n) is 6.59. The van der Waals surface area contributed by atoms with Crippen molar-refractivity contribution in [1.82, 2.24) is 0 Å². The molecule has 0 rings (SSSR count). The molecule has 0 spiro atoms. The molecule has 0 aliphatic rings. The maximum absolute atomic E-state index is 14.0. The minimum atomic E-state index is -8.84. The topological polar surface area (TPSA) is 9.23 Å². The van der Waals surface area contributed by atoms with Crippen LogP contribution in [-0.4, -0.2) is 60.6 Å². The summed E-state index contributed by atoms with van der Waals surface area (Å²) in [5.74, 6) is -14.6. The summed E-state index contributed by atoms with van der Waals surface area (Å²) in [5.41, 5.74) is -17.5. The Morgan fingerprint density at radius 2 is 0.459 bits per heavy atom. The van der Waals surface area contributed by atoms with Gasteiger partial charge in [-0.2, -0.15) is 96.6 Å². The predicted molar refractivity (Wildman–Crippen MR) is 62.0 cm³/mol. The van der Waals surface area contributed by atoms with Gasteiger partial charge in [-0.3, -0.25) is 0 Å². The van der Waals surface area contributed by atoms with Gasteiger partial charge >= 0.3 is 60.6 Å². The zero-order valence-electron chi connectivity index (χ0n) is 15.6. The molecular formula is C12H2F24O. The van der Waals surface area contributed by atoms with Crippen molar-refractivity contribution in [3.05, 3.63) is 0 Å². The van der Waals surface area contributed by atoms with Crippen molar-refractivity contribution in [3.63, 3.8) is 0 Å². The van der Waals surface area contributed by atoms with E-state index in [0.717, 1.165) is 4.74 Å². The van der Waals surface area contributed by atoms with E-state index in [9.17, 15) is 105 Å². The maximum Gasteiger partial charge on any atom is 0.432 e. The molecule has 0 fully saturated rings. The molecule has 0 saturated heterocycles. The van der Waals surface area contributed by atoms with Crippen molar-refractivity contribution in [2.75, 3.05) is 0 Å². The van der Waals surface area contributed by atoms with Gasteiger partial charge in [0, 0.05) is 0 Å². The molecule has 0 aliphatic carbocycles. The minimum absolute atomic E-state index is 0.895. The molecule has 0 bridgehead atoms. The van der Waals surface area contributed by atoms with Crippen LogP contribution in [0.4, 0.5) is 105 Å². The quantitative estimate of drug-likeness (QED) is 0.273. The second-order valence-corrected chi connectivity index (χ2v) is 6.59. The van der Waals surface area contributed by atoms with Crippen LogP contribution in [0, 0.1) is 11.8 Å². The van der Waals surface area contributed by atoms with Gasteiger partial charge in [0.1, 0.15) is 0 Å². The van der Waals surface area contributed by atoms with E-state index in [1.807, 2.05) is 0 Å². The summed E-state index contributed by atoms with van der Waals surface area (Å²) in [6.07, 6.45) is -66.7. The van der Waals surface area contributed by atoms with Gasteiger partial charge in [-0.15, -0.1) is 0 Å². The first-order valence-electron chi connectivity index (χ1n) is 7.68. The molecule has 0 aromatic carbocycles. The third kappa shape index (κ3) is 6.14. The zero-order valence-corrected chi connectivity index (χ0v) is 15.6. The molecule has 224 valence electrons. The van der Waals surface area contributed by atoms with Crippen molar-refractivity contribution in [3.8, 4) is 0 Å². The standard InChI is InChI=1S/C12H2F24O/c13-3(9(27,28)29,1(5(15,16)17)6(18,19)20)11(33,34)37-12(35,36)4(14,10(30,31)32)2(7(21,22)23)8(24,25)26/h1-2H. The van der Waals surface area contributed by atoms with E-state index in [1.165, 1.54) is 0 Å². The Labute approximate surface area is 184 Å². The predicted octanol–water partition coefficient (Wildman–Crippen LogP) is 8.21. The second kappa shape index (κ2) is 8.91. The summed E-state index contributed by atoms with van der Waals surface area (Å²) in [4.78, 5) is 0. The third-order valence-corrected chi connectivity index (χ3v) is 4.03. The first-order valence-corrected chi connectivity index (χ1v) is 7.68. The van der Waals surface area contributed by atoms with E-state index in [-0.39, 0.29) is 0 Å². The van der Waals surface area contributed by atoms with Gasteiger partial charge < -0.3 is 0 Å². The monoisotopic (exact) mass is 618 g/mol. The van der Waals surface area contributed by atoms with Gasteiger partial charge in [0.05, 0.1) is 0 Å². The van der Waals surface area contributed by atoms with E-state index < -0.39 is 72.4 Å². The van der Waals surface area contributed by atoms with Crippen LogP contribution >= 0.6 is 0 Å². The smallest absolute Gasteiger partial charge is 0.249 e. The first kappa shape index (κ1) is 35.3. The molecule has 37 heavy (non-hydrogen) atoms. The normalized spacial score (nSPS) is 19.3. The van der Waals surface area contributed by atoms with E-state index in [0.29, 0.717) is 0 Å². The molecule has 0 N–H and O–H groups in total. The maximum atomic E-state index is 14.0. The lowest BCUT2D eigenvalue weighted by Gasteiger charge is -2.45. The number of alkyl halides is 24. The fourth-order valence-corrected chi connectivity index (χ4v) is 2.58. The number of halogens is 24. The zero-order chi connectivity index (χ0) is 30.9. The van der Waals surface area contributed by atoms with Crippen molar-refractivity contribution in [2.24, 2.45) is 11.8 Å². The van der Waals surface area contributed by atoms with Crippen molar-refractivity contribution in [1.29, 1.82) is 0 Å².